The van der Waals surface area contributed by atoms with E-state index in [0.29, 0.717) is 12.1 Å². The molecule has 25 heavy (non-hydrogen) atoms. The minimum Gasteiger partial charge on any atom is -0.497 e. The maximum Gasteiger partial charge on any atom is 0.119 e. The number of aryl methyl sites for hydroxylation is 2. The van der Waals surface area contributed by atoms with Crippen molar-refractivity contribution in [2.24, 2.45) is 7.05 Å². The molecular formula is C20H28N4O. The summed E-state index contributed by atoms with van der Waals surface area (Å²) >= 11 is 0. The van der Waals surface area contributed by atoms with Gasteiger partial charge in [0, 0.05) is 38.4 Å². The van der Waals surface area contributed by atoms with E-state index in [1.54, 1.807) is 7.11 Å². The summed E-state index contributed by atoms with van der Waals surface area (Å²) in [5.74, 6) is 0.972. The third-order valence-electron chi connectivity index (χ3n) is 5.59. The summed E-state index contributed by atoms with van der Waals surface area (Å²) in [5, 5.41) is 8.25. The monoisotopic (exact) mass is 340 g/mol. The molecule has 1 saturated heterocycles. The molecule has 0 bridgehead atoms. The second-order valence-corrected chi connectivity index (χ2v) is 7.40. The van der Waals surface area contributed by atoms with E-state index in [4.69, 9.17) is 4.74 Å². The van der Waals surface area contributed by atoms with Gasteiger partial charge in [-0.25, -0.2) is 0 Å². The molecule has 2 unspecified atom stereocenters. The van der Waals surface area contributed by atoms with Gasteiger partial charge in [-0.2, -0.15) is 5.10 Å². The summed E-state index contributed by atoms with van der Waals surface area (Å²) in [6.07, 6.45) is 10.1. The number of benzene rings is 1. The van der Waals surface area contributed by atoms with Crippen molar-refractivity contribution in [3.05, 3.63) is 41.7 Å². The van der Waals surface area contributed by atoms with Crippen molar-refractivity contribution >= 4 is 5.69 Å². The highest BCUT2D eigenvalue weighted by molar-refractivity contribution is 5.43. The number of rotatable bonds is 4. The molecule has 1 N–H and O–H groups in total. The standard InChI is InChI=1S/C20H28N4O/c1-23-14-19(12-21-23)24-9-3-4-18(13-24)22-17-7-5-15-6-8-20(25-2)11-16(15)10-17/h6,8,11-12,14,17-18,22H,3-5,7,9-10,13H2,1-2H3. The lowest BCUT2D eigenvalue weighted by Crippen LogP contribution is -2.50. The lowest BCUT2D eigenvalue weighted by atomic mass is 9.87. The quantitative estimate of drug-likeness (QED) is 0.929. The molecule has 2 aliphatic rings. The number of anilines is 1. The Morgan fingerprint density at radius 2 is 2.12 bits per heavy atom. The Bertz CT molecular complexity index is 726. The van der Waals surface area contributed by atoms with Crippen LogP contribution in [0.5, 0.6) is 5.75 Å². The second kappa shape index (κ2) is 7.08. The van der Waals surface area contributed by atoms with E-state index >= 15 is 0 Å². The van der Waals surface area contributed by atoms with Crippen LogP contribution < -0.4 is 15.0 Å². The zero-order valence-electron chi connectivity index (χ0n) is 15.2. The molecule has 0 saturated carbocycles. The second-order valence-electron chi connectivity index (χ2n) is 7.40. The number of piperidine rings is 1. The smallest absolute Gasteiger partial charge is 0.119 e. The molecule has 2 atom stereocenters. The van der Waals surface area contributed by atoms with Crippen LogP contribution in [-0.2, 0) is 19.9 Å². The number of nitrogens with one attached hydrogen (secondary N) is 1. The minimum atomic E-state index is 0.561. The summed E-state index contributed by atoms with van der Waals surface area (Å²) < 4.78 is 7.28. The highest BCUT2D eigenvalue weighted by Crippen LogP contribution is 2.27. The summed E-state index contributed by atoms with van der Waals surface area (Å²) in [7, 11) is 3.73. The Balaban J connectivity index is 1.38. The maximum absolute atomic E-state index is 5.40. The minimum absolute atomic E-state index is 0.561. The number of fused-ring (bicyclic) bond motifs is 1. The van der Waals surface area contributed by atoms with Crippen molar-refractivity contribution in [3.63, 3.8) is 0 Å². The van der Waals surface area contributed by atoms with Gasteiger partial charge in [0.2, 0.25) is 0 Å². The van der Waals surface area contributed by atoms with Crippen LogP contribution >= 0.6 is 0 Å². The van der Waals surface area contributed by atoms with E-state index < -0.39 is 0 Å². The molecule has 1 aliphatic carbocycles. The summed E-state index contributed by atoms with van der Waals surface area (Å²) in [6.45, 7) is 2.21. The summed E-state index contributed by atoms with van der Waals surface area (Å²) in [5.41, 5.74) is 4.18. The van der Waals surface area contributed by atoms with Crippen molar-refractivity contribution in [2.75, 3.05) is 25.1 Å². The topological polar surface area (TPSA) is 42.3 Å². The summed E-state index contributed by atoms with van der Waals surface area (Å²) in [4.78, 5) is 2.47. The van der Waals surface area contributed by atoms with Crippen molar-refractivity contribution in [3.8, 4) is 5.75 Å². The lowest BCUT2D eigenvalue weighted by molar-refractivity contribution is 0.351. The highest BCUT2D eigenvalue weighted by atomic mass is 16.5. The highest BCUT2D eigenvalue weighted by Gasteiger charge is 2.25. The van der Waals surface area contributed by atoms with Crippen molar-refractivity contribution in [1.82, 2.24) is 15.1 Å². The normalized spacial score (nSPS) is 23.4. The Morgan fingerprint density at radius 1 is 1.20 bits per heavy atom. The Morgan fingerprint density at radius 3 is 2.92 bits per heavy atom. The first-order chi connectivity index (χ1) is 12.2. The van der Waals surface area contributed by atoms with Gasteiger partial charge in [-0.05, 0) is 55.4 Å². The van der Waals surface area contributed by atoms with Crippen LogP contribution in [0.3, 0.4) is 0 Å². The predicted octanol–water partition coefficient (Wildman–Crippen LogP) is 2.54. The lowest BCUT2D eigenvalue weighted by Gasteiger charge is -2.37. The summed E-state index contributed by atoms with van der Waals surface area (Å²) in [6, 6.07) is 7.66. The van der Waals surface area contributed by atoms with Crippen LogP contribution in [0.15, 0.2) is 30.6 Å². The number of ether oxygens (including phenoxy) is 1. The molecule has 2 heterocycles. The molecule has 1 fully saturated rings. The molecule has 5 nitrogen and oxygen atoms in total. The molecule has 134 valence electrons. The fourth-order valence-electron chi connectivity index (χ4n) is 4.26. The number of hydrogen-bond acceptors (Lipinski definition) is 4. The SMILES string of the molecule is COc1ccc2c(c1)CC(NC1CCCN(c3cnn(C)c3)C1)CC2. The molecule has 4 rings (SSSR count). The van der Waals surface area contributed by atoms with Gasteiger partial charge >= 0.3 is 0 Å². The third-order valence-corrected chi connectivity index (χ3v) is 5.59. The van der Waals surface area contributed by atoms with Gasteiger partial charge < -0.3 is 15.0 Å². The van der Waals surface area contributed by atoms with E-state index in [2.05, 4.69) is 39.7 Å². The molecule has 0 spiro atoms. The fourth-order valence-corrected chi connectivity index (χ4v) is 4.26. The van der Waals surface area contributed by atoms with Crippen LogP contribution in [0.25, 0.3) is 0 Å². The molecule has 0 radical (unpaired) electrons. The van der Waals surface area contributed by atoms with Crippen LogP contribution in [0.4, 0.5) is 5.69 Å². The van der Waals surface area contributed by atoms with E-state index in [0.717, 1.165) is 31.7 Å². The Labute approximate surface area is 150 Å². The Hall–Kier alpha value is -2.01. The number of methoxy groups -OCH3 is 1. The van der Waals surface area contributed by atoms with Gasteiger partial charge in [0.1, 0.15) is 5.75 Å². The van der Waals surface area contributed by atoms with Crippen molar-refractivity contribution < 1.29 is 4.74 Å². The van der Waals surface area contributed by atoms with E-state index in [9.17, 15) is 0 Å². The zero-order chi connectivity index (χ0) is 17.2. The molecule has 1 aromatic heterocycles. The zero-order valence-corrected chi connectivity index (χ0v) is 15.2. The van der Waals surface area contributed by atoms with Crippen LogP contribution in [-0.4, -0.2) is 42.1 Å². The number of aromatic nitrogens is 2. The van der Waals surface area contributed by atoms with Crippen molar-refractivity contribution in [1.29, 1.82) is 0 Å². The van der Waals surface area contributed by atoms with E-state index in [-0.39, 0.29) is 0 Å². The van der Waals surface area contributed by atoms with E-state index in [1.807, 2.05) is 17.9 Å². The van der Waals surface area contributed by atoms with Crippen LogP contribution in [0, 0.1) is 0 Å². The first-order valence-electron chi connectivity index (χ1n) is 9.36. The maximum atomic E-state index is 5.40. The average molecular weight is 340 g/mol. The van der Waals surface area contributed by atoms with Crippen LogP contribution in [0.1, 0.15) is 30.4 Å². The molecule has 5 heteroatoms. The molecular weight excluding hydrogens is 312 g/mol. The predicted molar refractivity (Wildman–Crippen MR) is 100 cm³/mol. The first-order valence-corrected chi connectivity index (χ1v) is 9.36. The van der Waals surface area contributed by atoms with Gasteiger partial charge in [0.15, 0.2) is 0 Å². The number of nitrogens with zero attached hydrogens (tertiary/aromatic N) is 3. The van der Waals surface area contributed by atoms with Gasteiger partial charge in [-0.3, -0.25) is 4.68 Å². The van der Waals surface area contributed by atoms with Crippen molar-refractivity contribution in [2.45, 2.75) is 44.2 Å². The van der Waals surface area contributed by atoms with Gasteiger partial charge in [-0.15, -0.1) is 0 Å². The number of hydrogen-bond donors (Lipinski definition) is 1. The van der Waals surface area contributed by atoms with E-state index in [1.165, 1.54) is 36.1 Å². The third kappa shape index (κ3) is 3.66. The van der Waals surface area contributed by atoms with Gasteiger partial charge in [0.05, 0.1) is 19.0 Å². The van der Waals surface area contributed by atoms with Crippen LogP contribution in [0.2, 0.25) is 0 Å². The largest absolute Gasteiger partial charge is 0.497 e. The molecule has 1 aromatic carbocycles. The van der Waals surface area contributed by atoms with Gasteiger partial charge in [-0.1, -0.05) is 6.07 Å². The Kier molecular flexibility index (Phi) is 4.66. The average Bonchev–Trinajstić information content (AvgIpc) is 3.08. The fraction of sp³-hybridized carbons (Fsp3) is 0.550. The molecule has 1 aliphatic heterocycles. The first kappa shape index (κ1) is 16.5. The molecule has 0 amide bonds. The molecule has 2 aromatic rings. The van der Waals surface area contributed by atoms with Gasteiger partial charge in [0.25, 0.3) is 0 Å².